The molecule has 1 saturated carbocycles. The number of aldehydes is 1. The second-order valence-corrected chi connectivity index (χ2v) is 9.18. The maximum atomic E-state index is 12.6. The van der Waals surface area contributed by atoms with Gasteiger partial charge in [0.15, 0.2) is 0 Å². The van der Waals surface area contributed by atoms with Gasteiger partial charge in [0.2, 0.25) is 0 Å². The van der Waals surface area contributed by atoms with Gasteiger partial charge >= 0.3 is 0 Å². The van der Waals surface area contributed by atoms with Gasteiger partial charge in [-0.15, -0.1) is 0 Å². The number of nitrogens with one attached hydrogen (secondary N) is 1. The van der Waals surface area contributed by atoms with Crippen LogP contribution in [0.1, 0.15) is 47.7 Å². The molecule has 2 bridgehead atoms. The van der Waals surface area contributed by atoms with Crippen LogP contribution in [-0.4, -0.2) is 37.6 Å². The summed E-state index contributed by atoms with van der Waals surface area (Å²) in [6, 6.07) is 5.92. The predicted molar refractivity (Wildman–Crippen MR) is 92.1 cm³/mol. The second-order valence-electron chi connectivity index (χ2n) is 7.51. The Morgan fingerprint density at radius 3 is 2.62 bits per heavy atom. The Balaban J connectivity index is 1.72. The van der Waals surface area contributed by atoms with Crippen LogP contribution in [0.3, 0.4) is 0 Å². The molecule has 3 aliphatic rings. The highest BCUT2D eigenvalue weighted by atomic mass is 32.2. The van der Waals surface area contributed by atoms with E-state index in [-0.39, 0.29) is 5.54 Å². The zero-order valence-corrected chi connectivity index (χ0v) is 14.8. The highest BCUT2D eigenvalue weighted by molar-refractivity contribution is 7.87. The highest BCUT2D eigenvalue weighted by Crippen LogP contribution is 2.50. The van der Waals surface area contributed by atoms with E-state index in [4.69, 9.17) is 0 Å². The number of hydrogen-bond acceptors (Lipinski definition) is 3. The molecule has 1 spiro atoms. The molecule has 2 aliphatic carbocycles. The lowest BCUT2D eigenvalue weighted by Crippen LogP contribution is -2.52. The Kier molecular flexibility index (Phi) is 3.82. The molecule has 3 atom stereocenters. The summed E-state index contributed by atoms with van der Waals surface area (Å²) < 4.78 is 29.9. The number of fused-ring (bicyclic) bond motifs is 1. The molecule has 0 amide bonds. The van der Waals surface area contributed by atoms with Gasteiger partial charge in [0.25, 0.3) is 10.2 Å². The molecule has 0 unspecified atom stereocenters. The van der Waals surface area contributed by atoms with Gasteiger partial charge in [-0.3, -0.25) is 4.79 Å². The first kappa shape index (κ1) is 16.2. The van der Waals surface area contributed by atoms with Crippen LogP contribution in [0.5, 0.6) is 0 Å². The highest BCUT2D eigenvalue weighted by Gasteiger charge is 2.59. The number of benzene rings is 1. The van der Waals surface area contributed by atoms with Crippen molar-refractivity contribution in [2.75, 3.05) is 13.1 Å². The van der Waals surface area contributed by atoms with E-state index in [1.165, 1.54) is 11.1 Å². The lowest BCUT2D eigenvalue weighted by Gasteiger charge is -2.33. The molecule has 1 aromatic carbocycles. The maximum absolute atomic E-state index is 12.6. The van der Waals surface area contributed by atoms with E-state index in [0.29, 0.717) is 30.5 Å². The quantitative estimate of drug-likeness (QED) is 0.849. The second kappa shape index (κ2) is 5.64. The molecule has 2 fully saturated rings. The molecule has 1 heterocycles. The minimum absolute atomic E-state index is 0.308. The van der Waals surface area contributed by atoms with Crippen molar-refractivity contribution in [3.8, 4) is 0 Å². The summed E-state index contributed by atoms with van der Waals surface area (Å²) in [5.74, 6) is 0.643. The van der Waals surface area contributed by atoms with Crippen molar-refractivity contribution >= 4 is 16.5 Å². The summed E-state index contributed by atoms with van der Waals surface area (Å²) >= 11 is 0. The monoisotopic (exact) mass is 348 g/mol. The first-order chi connectivity index (χ1) is 11.5. The fraction of sp³-hybridized carbons (Fsp3) is 0.611. The average Bonchev–Trinajstić information content (AvgIpc) is 2.93. The molecule has 24 heavy (non-hydrogen) atoms. The normalized spacial score (nSPS) is 34.2. The van der Waals surface area contributed by atoms with Gasteiger partial charge in [0.05, 0.1) is 5.54 Å². The van der Waals surface area contributed by atoms with Gasteiger partial charge in [-0.25, -0.2) is 0 Å². The van der Waals surface area contributed by atoms with E-state index in [0.717, 1.165) is 38.4 Å². The van der Waals surface area contributed by atoms with Crippen molar-refractivity contribution in [3.63, 3.8) is 0 Å². The van der Waals surface area contributed by atoms with Crippen molar-refractivity contribution < 1.29 is 13.2 Å². The van der Waals surface area contributed by atoms with E-state index in [9.17, 15) is 13.2 Å². The van der Waals surface area contributed by atoms with Crippen LogP contribution in [0, 0.1) is 11.8 Å². The van der Waals surface area contributed by atoms with E-state index < -0.39 is 10.2 Å². The van der Waals surface area contributed by atoms with E-state index in [1.807, 2.05) is 19.1 Å². The van der Waals surface area contributed by atoms with Gasteiger partial charge in [-0.2, -0.15) is 17.4 Å². The van der Waals surface area contributed by atoms with E-state index in [2.05, 4.69) is 10.8 Å². The zero-order chi connectivity index (χ0) is 16.9. The van der Waals surface area contributed by atoms with Gasteiger partial charge in [0, 0.05) is 18.7 Å². The number of hydrogen-bond donors (Lipinski definition) is 1. The smallest absolute Gasteiger partial charge is 0.280 e. The molecule has 6 heteroatoms. The fourth-order valence-electron chi connectivity index (χ4n) is 5.05. The van der Waals surface area contributed by atoms with Gasteiger partial charge in [-0.05, 0) is 61.1 Å². The molecule has 1 saturated heterocycles. The third-order valence-electron chi connectivity index (χ3n) is 6.19. The first-order valence-corrected chi connectivity index (χ1v) is 10.3. The van der Waals surface area contributed by atoms with Gasteiger partial charge in [0.1, 0.15) is 6.29 Å². The van der Waals surface area contributed by atoms with Crippen molar-refractivity contribution in [1.82, 2.24) is 9.03 Å². The Morgan fingerprint density at radius 2 is 1.96 bits per heavy atom. The predicted octanol–water partition coefficient (Wildman–Crippen LogP) is 1.92. The van der Waals surface area contributed by atoms with Crippen LogP contribution >= 0.6 is 0 Å². The lowest BCUT2D eigenvalue weighted by atomic mass is 9.79. The van der Waals surface area contributed by atoms with E-state index >= 15 is 0 Å². The molecule has 1 aliphatic heterocycles. The van der Waals surface area contributed by atoms with Crippen LogP contribution < -0.4 is 4.72 Å². The number of nitrogens with zero attached hydrogens (tertiary/aromatic N) is 1. The van der Waals surface area contributed by atoms with Crippen LogP contribution in [0.15, 0.2) is 18.2 Å². The summed E-state index contributed by atoms with van der Waals surface area (Å²) in [6.45, 7) is 3.19. The molecule has 1 N–H and O–H groups in total. The Morgan fingerprint density at radius 1 is 1.25 bits per heavy atom. The van der Waals surface area contributed by atoms with Crippen LogP contribution in [-0.2, 0) is 23.1 Å². The molecule has 130 valence electrons. The Bertz CT molecular complexity index is 776. The van der Waals surface area contributed by atoms with Crippen molar-refractivity contribution in [2.24, 2.45) is 11.8 Å². The first-order valence-electron chi connectivity index (χ1n) is 8.84. The van der Waals surface area contributed by atoms with E-state index in [1.54, 1.807) is 4.31 Å². The minimum Gasteiger partial charge on any atom is -0.298 e. The third-order valence-corrected chi connectivity index (χ3v) is 7.82. The van der Waals surface area contributed by atoms with Crippen LogP contribution in [0.2, 0.25) is 0 Å². The molecule has 4 rings (SSSR count). The molecule has 0 radical (unpaired) electrons. The summed E-state index contributed by atoms with van der Waals surface area (Å²) in [4.78, 5) is 11.1. The van der Waals surface area contributed by atoms with Gasteiger partial charge in [-0.1, -0.05) is 19.1 Å². The summed E-state index contributed by atoms with van der Waals surface area (Å²) in [7, 11) is -3.37. The molecule has 1 aromatic rings. The third kappa shape index (κ3) is 2.35. The maximum Gasteiger partial charge on any atom is 0.280 e. The lowest BCUT2D eigenvalue weighted by molar-refractivity contribution is 0.112. The summed E-state index contributed by atoms with van der Waals surface area (Å²) in [5, 5.41) is 0. The number of carbonyl (C=O) groups excluding carboxylic acids is 1. The van der Waals surface area contributed by atoms with Crippen LogP contribution in [0.4, 0.5) is 0 Å². The molecule has 5 nitrogen and oxygen atoms in total. The number of carbonyl (C=O) groups is 1. The largest absolute Gasteiger partial charge is 0.298 e. The SMILES string of the molecule is CCCN1C[C@]2(NS1(=O)=O)[C@@H]1CC[C@H]2Cc2ccc(C=O)cc2C1. The van der Waals surface area contributed by atoms with Crippen LogP contribution in [0.25, 0.3) is 0 Å². The minimum atomic E-state index is -3.37. The fourth-order valence-corrected chi connectivity index (χ4v) is 6.86. The van der Waals surface area contributed by atoms with Crippen molar-refractivity contribution in [1.29, 1.82) is 0 Å². The van der Waals surface area contributed by atoms with Gasteiger partial charge < -0.3 is 0 Å². The summed E-state index contributed by atoms with van der Waals surface area (Å²) in [5.41, 5.74) is 2.87. The van der Waals surface area contributed by atoms with Crippen molar-refractivity contribution in [2.45, 2.75) is 44.6 Å². The Hall–Kier alpha value is -1.24. The molecule has 0 aromatic heterocycles. The molecular weight excluding hydrogens is 324 g/mol. The number of rotatable bonds is 3. The molecular formula is C18H24N2O3S. The summed E-state index contributed by atoms with van der Waals surface area (Å²) in [6.07, 6.45) is 5.60. The van der Waals surface area contributed by atoms with Crippen molar-refractivity contribution in [3.05, 3.63) is 34.9 Å². The zero-order valence-electron chi connectivity index (χ0n) is 14.0. The average molecular weight is 348 g/mol. The topological polar surface area (TPSA) is 66.5 Å². The Labute approximate surface area is 143 Å². The standard InChI is InChI=1S/C18H24N2O3S/c1-2-7-20-12-18(19-24(20,22)23)16-5-6-17(18)10-15-8-13(11-21)3-4-14(15)9-16/h3-4,8,11,16-17,19H,2,5-7,9-10,12H2,1H3/t16-,17+,18+/m0/s1.